The number of carbonyl (C=O) groups excluding carboxylic acids is 1. The monoisotopic (exact) mass is 444 g/mol. The summed E-state index contributed by atoms with van der Waals surface area (Å²) in [5.74, 6) is 0.840. The lowest BCUT2D eigenvalue weighted by molar-refractivity contribution is -0.113. The van der Waals surface area contributed by atoms with Crippen molar-refractivity contribution in [2.24, 2.45) is 0 Å². The highest BCUT2D eigenvalue weighted by atomic mass is 35.5. The van der Waals surface area contributed by atoms with Crippen LogP contribution in [0, 0.1) is 13.8 Å². The van der Waals surface area contributed by atoms with E-state index in [4.69, 9.17) is 16.3 Å². The molecule has 3 aromatic rings. The number of carbonyl (C=O) groups is 1. The maximum atomic E-state index is 12.5. The average molecular weight is 445 g/mol. The van der Waals surface area contributed by atoms with Gasteiger partial charge in [-0.25, -0.2) is 0 Å². The largest absolute Gasteiger partial charge is 0.385 e. The first-order chi connectivity index (χ1) is 14.5. The Morgan fingerprint density at radius 1 is 1.17 bits per heavy atom. The minimum Gasteiger partial charge on any atom is -0.385 e. The first kappa shape index (κ1) is 22.3. The number of aryl methyl sites for hydroxylation is 1. The molecule has 2 aromatic carbocycles. The molecule has 30 heavy (non-hydrogen) atoms. The fourth-order valence-corrected chi connectivity index (χ4v) is 3.99. The van der Waals surface area contributed by atoms with Gasteiger partial charge in [-0.2, -0.15) is 0 Å². The first-order valence-corrected chi connectivity index (χ1v) is 11.0. The van der Waals surface area contributed by atoms with Gasteiger partial charge in [0.25, 0.3) is 0 Å². The van der Waals surface area contributed by atoms with Gasteiger partial charge in [-0.3, -0.25) is 4.79 Å². The van der Waals surface area contributed by atoms with Gasteiger partial charge in [-0.1, -0.05) is 47.6 Å². The number of anilines is 1. The zero-order chi connectivity index (χ0) is 21.5. The van der Waals surface area contributed by atoms with Gasteiger partial charge in [0, 0.05) is 31.5 Å². The molecular weight excluding hydrogens is 420 g/mol. The predicted octanol–water partition coefficient (Wildman–Crippen LogP) is 4.98. The van der Waals surface area contributed by atoms with Gasteiger partial charge >= 0.3 is 0 Å². The Bertz CT molecular complexity index is 1020. The van der Waals surface area contributed by atoms with Crippen LogP contribution in [-0.2, 0) is 16.1 Å². The van der Waals surface area contributed by atoms with Gasteiger partial charge in [0.2, 0.25) is 5.91 Å². The van der Waals surface area contributed by atoms with Crippen LogP contribution in [0.1, 0.15) is 17.5 Å². The summed E-state index contributed by atoms with van der Waals surface area (Å²) in [7, 11) is 1.68. The maximum Gasteiger partial charge on any atom is 0.234 e. The number of nitrogens with zero attached hydrogens (tertiary/aromatic N) is 3. The molecule has 0 spiro atoms. The lowest BCUT2D eigenvalue weighted by atomic mass is 10.1. The minimum atomic E-state index is -0.0839. The molecule has 0 bridgehead atoms. The number of aromatic nitrogens is 3. The van der Waals surface area contributed by atoms with Gasteiger partial charge in [0.05, 0.1) is 10.8 Å². The van der Waals surface area contributed by atoms with Crippen LogP contribution in [0.2, 0.25) is 5.02 Å². The molecule has 0 radical (unpaired) electrons. The summed E-state index contributed by atoms with van der Waals surface area (Å²) < 4.78 is 7.18. The zero-order valence-corrected chi connectivity index (χ0v) is 18.9. The van der Waals surface area contributed by atoms with E-state index >= 15 is 0 Å². The zero-order valence-electron chi connectivity index (χ0n) is 17.3. The van der Waals surface area contributed by atoms with Crippen molar-refractivity contribution in [3.05, 3.63) is 58.6 Å². The molecule has 0 unspecified atom stereocenters. The second kappa shape index (κ2) is 10.6. The number of rotatable bonds is 9. The van der Waals surface area contributed by atoms with E-state index in [1.54, 1.807) is 7.11 Å². The Morgan fingerprint density at radius 3 is 2.73 bits per heavy atom. The molecule has 6 nitrogen and oxygen atoms in total. The number of hydrogen-bond donors (Lipinski definition) is 1. The molecular formula is C22H25ClN4O2S. The van der Waals surface area contributed by atoms with Crippen LogP contribution < -0.4 is 5.32 Å². The van der Waals surface area contributed by atoms with Gasteiger partial charge in [0.1, 0.15) is 0 Å². The number of halogens is 1. The molecule has 3 rings (SSSR count). The first-order valence-electron chi connectivity index (χ1n) is 9.67. The van der Waals surface area contributed by atoms with E-state index in [0.29, 0.717) is 29.2 Å². The van der Waals surface area contributed by atoms with E-state index in [-0.39, 0.29) is 11.7 Å². The Kier molecular flexibility index (Phi) is 7.90. The van der Waals surface area contributed by atoms with Crippen molar-refractivity contribution < 1.29 is 9.53 Å². The van der Waals surface area contributed by atoms with Crippen molar-refractivity contribution >= 4 is 35.0 Å². The van der Waals surface area contributed by atoms with Crippen LogP contribution in [0.25, 0.3) is 11.4 Å². The second-order valence-corrected chi connectivity index (χ2v) is 8.22. The number of thioether (sulfide) groups is 1. The molecule has 8 heteroatoms. The highest BCUT2D eigenvalue weighted by molar-refractivity contribution is 7.99. The minimum absolute atomic E-state index is 0.0839. The summed E-state index contributed by atoms with van der Waals surface area (Å²) in [5, 5.41) is 12.9. The fraction of sp³-hybridized carbons (Fsp3) is 0.318. The van der Waals surface area contributed by atoms with E-state index in [1.807, 2.05) is 60.9 Å². The SMILES string of the molecule is COCCCn1c(SCC(=O)Nc2cccc(C)c2C)nnc1-c1ccccc1Cl. The lowest BCUT2D eigenvalue weighted by Gasteiger charge is -2.12. The Morgan fingerprint density at radius 2 is 1.97 bits per heavy atom. The molecule has 0 aliphatic rings. The van der Waals surface area contributed by atoms with Crippen LogP contribution in [0.3, 0.4) is 0 Å². The second-order valence-electron chi connectivity index (χ2n) is 6.87. The van der Waals surface area contributed by atoms with Crippen LogP contribution in [0.4, 0.5) is 5.69 Å². The number of hydrogen-bond acceptors (Lipinski definition) is 5. The van der Waals surface area contributed by atoms with Crippen molar-refractivity contribution in [1.29, 1.82) is 0 Å². The quantitative estimate of drug-likeness (QED) is 0.372. The Hall–Kier alpha value is -2.35. The molecule has 1 heterocycles. The molecule has 1 aromatic heterocycles. The van der Waals surface area contributed by atoms with E-state index in [1.165, 1.54) is 11.8 Å². The smallest absolute Gasteiger partial charge is 0.234 e. The summed E-state index contributed by atoms with van der Waals surface area (Å²) in [6.45, 7) is 5.32. The van der Waals surface area contributed by atoms with E-state index in [0.717, 1.165) is 28.8 Å². The standard InChI is InChI=1S/C22H25ClN4O2S/c1-15-8-6-11-19(16(15)2)24-20(28)14-30-22-26-25-21(27(22)12-7-13-29-3)17-9-4-5-10-18(17)23/h4-6,8-11H,7,12-14H2,1-3H3,(H,24,28). The topological polar surface area (TPSA) is 69.0 Å². The highest BCUT2D eigenvalue weighted by Gasteiger charge is 2.17. The van der Waals surface area contributed by atoms with Crippen molar-refractivity contribution in [2.75, 3.05) is 24.8 Å². The predicted molar refractivity (Wildman–Crippen MR) is 122 cm³/mol. The van der Waals surface area contributed by atoms with E-state index in [9.17, 15) is 4.79 Å². The van der Waals surface area contributed by atoms with Gasteiger partial charge in [-0.15, -0.1) is 10.2 Å². The summed E-state index contributed by atoms with van der Waals surface area (Å²) in [5.41, 5.74) is 3.86. The average Bonchev–Trinajstić information content (AvgIpc) is 3.13. The van der Waals surface area contributed by atoms with Crippen LogP contribution >= 0.6 is 23.4 Å². The van der Waals surface area contributed by atoms with Crippen molar-refractivity contribution in [3.8, 4) is 11.4 Å². The Labute approximate surface area is 186 Å². The fourth-order valence-electron chi connectivity index (χ4n) is 3.01. The summed E-state index contributed by atoms with van der Waals surface area (Å²) in [6.07, 6.45) is 0.800. The van der Waals surface area contributed by atoms with Crippen molar-refractivity contribution in [1.82, 2.24) is 14.8 Å². The highest BCUT2D eigenvalue weighted by Crippen LogP contribution is 2.29. The number of amides is 1. The van der Waals surface area contributed by atoms with Gasteiger partial charge < -0.3 is 14.6 Å². The number of methoxy groups -OCH3 is 1. The number of ether oxygens (including phenoxy) is 1. The van der Waals surface area contributed by atoms with Gasteiger partial charge in [0.15, 0.2) is 11.0 Å². The van der Waals surface area contributed by atoms with E-state index in [2.05, 4.69) is 15.5 Å². The van der Waals surface area contributed by atoms with Crippen LogP contribution in [-0.4, -0.2) is 40.1 Å². The molecule has 1 amide bonds. The third kappa shape index (κ3) is 5.41. The van der Waals surface area contributed by atoms with Crippen LogP contribution in [0.5, 0.6) is 0 Å². The molecule has 0 aliphatic heterocycles. The molecule has 158 valence electrons. The summed E-state index contributed by atoms with van der Waals surface area (Å²) >= 11 is 7.73. The van der Waals surface area contributed by atoms with Crippen molar-refractivity contribution in [2.45, 2.75) is 32.0 Å². The van der Waals surface area contributed by atoms with Gasteiger partial charge in [-0.05, 0) is 49.6 Å². The maximum absolute atomic E-state index is 12.5. The Balaban J connectivity index is 1.75. The molecule has 1 N–H and O–H groups in total. The molecule has 0 saturated heterocycles. The van der Waals surface area contributed by atoms with Crippen LogP contribution in [0.15, 0.2) is 47.6 Å². The molecule has 0 atom stereocenters. The van der Waals surface area contributed by atoms with E-state index < -0.39 is 0 Å². The molecule has 0 aliphatic carbocycles. The number of benzene rings is 2. The lowest BCUT2D eigenvalue weighted by Crippen LogP contribution is -2.16. The molecule has 0 saturated carbocycles. The third-order valence-corrected chi connectivity index (χ3v) is 6.07. The number of nitrogens with one attached hydrogen (secondary N) is 1. The molecule has 0 fully saturated rings. The summed E-state index contributed by atoms with van der Waals surface area (Å²) in [4.78, 5) is 12.5. The third-order valence-electron chi connectivity index (χ3n) is 4.77. The summed E-state index contributed by atoms with van der Waals surface area (Å²) in [6, 6.07) is 13.4. The van der Waals surface area contributed by atoms with Crippen molar-refractivity contribution in [3.63, 3.8) is 0 Å². The normalized spacial score (nSPS) is 10.9.